The van der Waals surface area contributed by atoms with Crippen LogP contribution >= 0.6 is 15.9 Å². The molecule has 0 saturated carbocycles. The van der Waals surface area contributed by atoms with E-state index >= 15 is 0 Å². The van der Waals surface area contributed by atoms with Crippen molar-refractivity contribution < 1.29 is 14.7 Å². The zero-order valence-corrected chi connectivity index (χ0v) is 11.7. The molecule has 0 fully saturated rings. The average Bonchev–Trinajstić information content (AvgIpc) is 2.38. The predicted octanol–water partition coefficient (Wildman–Crippen LogP) is 2.36. The van der Waals surface area contributed by atoms with E-state index in [0.717, 1.165) is 17.2 Å². The SMILES string of the molecule is N#CCc1ccc(CC(=O)CBr)cc1/C=C/C(=O)O. The van der Waals surface area contributed by atoms with Gasteiger partial charge in [0.15, 0.2) is 0 Å². The monoisotopic (exact) mass is 321 g/mol. The molecule has 0 aliphatic rings. The van der Waals surface area contributed by atoms with E-state index in [1.807, 2.05) is 6.07 Å². The third-order valence-electron chi connectivity index (χ3n) is 2.44. The van der Waals surface area contributed by atoms with Gasteiger partial charge in [0.2, 0.25) is 0 Å². The van der Waals surface area contributed by atoms with E-state index in [-0.39, 0.29) is 24.0 Å². The summed E-state index contributed by atoms with van der Waals surface area (Å²) < 4.78 is 0. The Morgan fingerprint density at radius 2 is 2.16 bits per heavy atom. The van der Waals surface area contributed by atoms with Crippen LogP contribution in [-0.2, 0) is 22.4 Å². The van der Waals surface area contributed by atoms with Crippen LogP contribution in [-0.4, -0.2) is 22.2 Å². The Kier molecular flexibility index (Phi) is 5.97. The summed E-state index contributed by atoms with van der Waals surface area (Å²) in [5.74, 6) is -1.01. The number of carboxylic acid groups (broad SMARTS) is 1. The van der Waals surface area contributed by atoms with E-state index in [0.29, 0.717) is 5.56 Å². The topological polar surface area (TPSA) is 78.2 Å². The lowest BCUT2D eigenvalue weighted by Gasteiger charge is -2.05. The van der Waals surface area contributed by atoms with E-state index in [1.165, 1.54) is 6.08 Å². The third kappa shape index (κ3) is 5.06. The minimum absolute atomic E-state index is 0.0428. The molecule has 0 saturated heterocycles. The summed E-state index contributed by atoms with van der Waals surface area (Å²) >= 11 is 3.10. The fraction of sp³-hybridized carbons (Fsp3) is 0.214. The number of ketones is 1. The average molecular weight is 322 g/mol. The molecule has 1 aromatic carbocycles. The first-order chi connectivity index (χ1) is 9.06. The van der Waals surface area contributed by atoms with Crippen molar-refractivity contribution in [2.75, 3.05) is 5.33 Å². The molecule has 4 nitrogen and oxygen atoms in total. The standard InChI is InChI=1S/C14H12BrNO3/c15-9-13(17)8-10-1-2-11(5-6-16)12(7-10)3-4-14(18)19/h1-4,7H,5,8-9H2,(H,18,19)/b4-3+. The molecule has 1 N–H and O–H groups in total. The first kappa shape index (κ1) is 15.1. The molecule has 19 heavy (non-hydrogen) atoms. The fourth-order valence-electron chi connectivity index (χ4n) is 1.59. The van der Waals surface area contributed by atoms with Crippen LogP contribution in [0.25, 0.3) is 6.08 Å². The third-order valence-corrected chi connectivity index (χ3v) is 3.06. The van der Waals surface area contributed by atoms with E-state index in [4.69, 9.17) is 10.4 Å². The zero-order valence-electron chi connectivity index (χ0n) is 10.1. The number of alkyl halides is 1. The van der Waals surface area contributed by atoms with Gasteiger partial charge >= 0.3 is 5.97 Å². The number of hydrogen-bond donors (Lipinski definition) is 1. The minimum Gasteiger partial charge on any atom is -0.478 e. The Labute approximate surface area is 119 Å². The van der Waals surface area contributed by atoms with Gasteiger partial charge < -0.3 is 5.11 Å². The van der Waals surface area contributed by atoms with Crippen LogP contribution in [0.15, 0.2) is 24.3 Å². The van der Waals surface area contributed by atoms with E-state index in [9.17, 15) is 9.59 Å². The van der Waals surface area contributed by atoms with E-state index < -0.39 is 5.97 Å². The Hall–Kier alpha value is -1.93. The lowest BCUT2D eigenvalue weighted by atomic mass is 9.99. The largest absolute Gasteiger partial charge is 0.478 e. The van der Waals surface area contributed by atoms with Crippen LogP contribution in [0.3, 0.4) is 0 Å². The fourth-order valence-corrected chi connectivity index (χ4v) is 1.79. The van der Waals surface area contributed by atoms with Gasteiger partial charge in [-0.05, 0) is 22.8 Å². The van der Waals surface area contributed by atoms with Crippen LogP contribution in [0, 0.1) is 11.3 Å². The number of carbonyl (C=O) groups excluding carboxylic acids is 1. The van der Waals surface area contributed by atoms with Crippen molar-refractivity contribution >= 4 is 33.8 Å². The lowest BCUT2D eigenvalue weighted by Crippen LogP contribution is -2.04. The van der Waals surface area contributed by atoms with Gasteiger partial charge in [0.25, 0.3) is 0 Å². The molecule has 0 aromatic heterocycles. The number of aliphatic carboxylic acids is 1. The van der Waals surface area contributed by atoms with Crippen LogP contribution in [0.2, 0.25) is 0 Å². The summed E-state index contributed by atoms with van der Waals surface area (Å²) in [6.45, 7) is 0. The highest BCUT2D eigenvalue weighted by Crippen LogP contribution is 2.15. The summed E-state index contributed by atoms with van der Waals surface area (Å²) in [6, 6.07) is 7.31. The molecule has 98 valence electrons. The van der Waals surface area contributed by atoms with Gasteiger partial charge in [0, 0.05) is 12.5 Å². The number of nitrogens with zero attached hydrogens (tertiary/aromatic N) is 1. The summed E-state index contributed by atoms with van der Waals surface area (Å²) in [5, 5.41) is 17.6. The Morgan fingerprint density at radius 3 is 2.74 bits per heavy atom. The number of Topliss-reactive ketones (excluding diaryl/α,β-unsaturated/α-hetero) is 1. The van der Waals surface area contributed by atoms with Gasteiger partial charge in [-0.3, -0.25) is 4.79 Å². The highest BCUT2D eigenvalue weighted by Gasteiger charge is 2.06. The summed E-state index contributed by atoms with van der Waals surface area (Å²) in [4.78, 5) is 21.9. The van der Waals surface area contributed by atoms with Crippen molar-refractivity contribution in [1.82, 2.24) is 0 Å². The quantitative estimate of drug-likeness (QED) is 0.644. The maximum Gasteiger partial charge on any atom is 0.328 e. The van der Waals surface area contributed by atoms with Crippen molar-refractivity contribution in [3.63, 3.8) is 0 Å². The predicted molar refractivity (Wildman–Crippen MR) is 74.9 cm³/mol. The van der Waals surface area contributed by atoms with Gasteiger partial charge in [-0.1, -0.05) is 34.1 Å². The smallest absolute Gasteiger partial charge is 0.328 e. The number of halogens is 1. The van der Waals surface area contributed by atoms with Gasteiger partial charge in [-0.25, -0.2) is 4.79 Å². The second-order valence-electron chi connectivity index (χ2n) is 3.89. The highest BCUT2D eigenvalue weighted by molar-refractivity contribution is 9.09. The van der Waals surface area contributed by atoms with Crippen LogP contribution in [0.1, 0.15) is 16.7 Å². The second kappa shape index (κ2) is 7.49. The molecule has 0 bridgehead atoms. The van der Waals surface area contributed by atoms with Gasteiger partial charge in [-0.15, -0.1) is 0 Å². The molecule has 0 spiro atoms. The summed E-state index contributed by atoms with van der Waals surface area (Å²) in [5.41, 5.74) is 2.20. The Morgan fingerprint density at radius 1 is 1.42 bits per heavy atom. The zero-order chi connectivity index (χ0) is 14.3. The number of hydrogen-bond acceptors (Lipinski definition) is 3. The molecule has 0 atom stereocenters. The summed E-state index contributed by atoms with van der Waals surface area (Å²) in [7, 11) is 0. The normalized spacial score (nSPS) is 10.3. The highest BCUT2D eigenvalue weighted by atomic mass is 79.9. The molecular formula is C14H12BrNO3. The van der Waals surface area contributed by atoms with Gasteiger partial charge in [0.05, 0.1) is 17.8 Å². The molecule has 1 aromatic rings. The Balaban J connectivity index is 3.07. The molecule has 0 aliphatic heterocycles. The molecule has 0 amide bonds. The van der Waals surface area contributed by atoms with Crippen LogP contribution in [0.5, 0.6) is 0 Å². The maximum atomic E-state index is 11.4. The maximum absolute atomic E-state index is 11.4. The number of rotatable bonds is 6. The summed E-state index contributed by atoms with van der Waals surface area (Å²) in [6.07, 6.45) is 2.95. The van der Waals surface area contributed by atoms with Gasteiger partial charge in [-0.2, -0.15) is 5.26 Å². The minimum atomic E-state index is -1.05. The first-order valence-electron chi connectivity index (χ1n) is 5.54. The van der Waals surface area contributed by atoms with Crippen LogP contribution in [0.4, 0.5) is 0 Å². The van der Waals surface area contributed by atoms with Crippen molar-refractivity contribution in [3.8, 4) is 6.07 Å². The van der Waals surface area contributed by atoms with E-state index in [2.05, 4.69) is 15.9 Å². The number of benzene rings is 1. The van der Waals surface area contributed by atoms with Crippen molar-refractivity contribution in [2.24, 2.45) is 0 Å². The Bertz CT molecular complexity index is 558. The van der Waals surface area contributed by atoms with E-state index in [1.54, 1.807) is 18.2 Å². The molecular weight excluding hydrogens is 310 g/mol. The van der Waals surface area contributed by atoms with Gasteiger partial charge in [0.1, 0.15) is 5.78 Å². The van der Waals surface area contributed by atoms with Crippen molar-refractivity contribution in [3.05, 3.63) is 41.0 Å². The first-order valence-corrected chi connectivity index (χ1v) is 6.66. The number of carboxylic acids is 1. The molecule has 0 aliphatic carbocycles. The van der Waals surface area contributed by atoms with Crippen molar-refractivity contribution in [2.45, 2.75) is 12.8 Å². The molecule has 1 rings (SSSR count). The number of carbonyl (C=O) groups is 2. The number of nitriles is 1. The second-order valence-corrected chi connectivity index (χ2v) is 4.45. The molecule has 0 radical (unpaired) electrons. The van der Waals surface area contributed by atoms with Crippen molar-refractivity contribution in [1.29, 1.82) is 5.26 Å². The molecule has 0 unspecified atom stereocenters. The van der Waals surface area contributed by atoms with Crippen LogP contribution < -0.4 is 0 Å². The molecule has 5 heteroatoms. The molecule has 0 heterocycles. The lowest BCUT2D eigenvalue weighted by molar-refractivity contribution is -0.131.